The number of nitrogen functional groups attached to an aromatic ring is 1. The molecule has 0 bridgehead atoms. The first-order valence-electron chi connectivity index (χ1n) is 5.30. The fourth-order valence-electron chi connectivity index (χ4n) is 1.54. The van der Waals surface area contributed by atoms with Crippen LogP contribution in [0.15, 0.2) is 39.2 Å². The molecule has 1 heterocycles. The van der Waals surface area contributed by atoms with E-state index in [1.54, 1.807) is 24.3 Å². The first-order valence-corrected chi connectivity index (χ1v) is 6.09. The van der Waals surface area contributed by atoms with Gasteiger partial charge in [0, 0.05) is 22.1 Å². The Morgan fingerprint density at radius 2 is 2.12 bits per heavy atom. The number of hydrogen-bond donors (Lipinski definition) is 1. The van der Waals surface area contributed by atoms with Gasteiger partial charge in [-0.25, -0.2) is 0 Å². The molecule has 1 aromatic carbocycles. The Kier molecular flexibility index (Phi) is 3.33. The summed E-state index contributed by atoms with van der Waals surface area (Å²) >= 11 is 3.33. The summed E-state index contributed by atoms with van der Waals surface area (Å²) in [5.74, 6) is 0.977. The van der Waals surface area contributed by atoms with Crippen LogP contribution in [0.5, 0.6) is 0 Å². The van der Waals surface area contributed by atoms with Crippen molar-refractivity contribution in [2.45, 2.75) is 13.3 Å². The Labute approximate surface area is 108 Å². The number of hydrogen-bond acceptors (Lipinski definition) is 3. The van der Waals surface area contributed by atoms with Crippen molar-refractivity contribution < 1.29 is 9.21 Å². The molecule has 0 spiro atoms. The van der Waals surface area contributed by atoms with Crippen molar-refractivity contribution in [2.24, 2.45) is 0 Å². The lowest BCUT2D eigenvalue weighted by Gasteiger charge is -2.02. The highest BCUT2D eigenvalue weighted by molar-refractivity contribution is 9.10. The monoisotopic (exact) mass is 293 g/mol. The summed E-state index contributed by atoms with van der Waals surface area (Å²) in [5.41, 5.74) is 6.74. The summed E-state index contributed by atoms with van der Waals surface area (Å²) in [7, 11) is 0. The molecule has 2 rings (SSSR count). The van der Waals surface area contributed by atoms with Gasteiger partial charge >= 0.3 is 0 Å². The number of benzene rings is 1. The van der Waals surface area contributed by atoms with Crippen molar-refractivity contribution in [1.82, 2.24) is 0 Å². The van der Waals surface area contributed by atoms with Gasteiger partial charge in [-0.1, -0.05) is 22.9 Å². The van der Waals surface area contributed by atoms with Gasteiger partial charge in [0.1, 0.15) is 5.76 Å². The van der Waals surface area contributed by atoms with Crippen LogP contribution in [0.25, 0.3) is 0 Å². The van der Waals surface area contributed by atoms with Crippen molar-refractivity contribution in [1.29, 1.82) is 0 Å². The lowest BCUT2D eigenvalue weighted by molar-refractivity contribution is 0.101. The molecular formula is C13H12BrNO2. The number of furan rings is 1. The molecule has 88 valence electrons. The van der Waals surface area contributed by atoms with Crippen molar-refractivity contribution in [3.8, 4) is 0 Å². The predicted octanol–water partition coefficient (Wildman–Crippen LogP) is 3.42. The minimum absolute atomic E-state index is 0.163. The SMILES string of the molecule is CCc1ccc(C(=O)c2cc(N)ccc2Br)o1. The van der Waals surface area contributed by atoms with Crippen LogP contribution in [0, 0.1) is 0 Å². The van der Waals surface area contributed by atoms with Crippen molar-refractivity contribution in [3.05, 3.63) is 51.9 Å². The van der Waals surface area contributed by atoms with Crippen LogP contribution in [0.4, 0.5) is 5.69 Å². The summed E-state index contributed by atoms with van der Waals surface area (Å²) in [4.78, 5) is 12.2. The van der Waals surface area contributed by atoms with E-state index in [-0.39, 0.29) is 5.78 Å². The number of rotatable bonds is 3. The topological polar surface area (TPSA) is 56.2 Å². The summed E-state index contributed by atoms with van der Waals surface area (Å²) in [6.45, 7) is 1.98. The van der Waals surface area contributed by atoms with E-state index in [0.717, 1.165) is 12.2 Å². The molecule has 4 heteroatoms. The fourth-order valence-corrected chi connectivity index (χ4v) is 1.97. The van der Waals surface area contributed by atoms with Crippen LogP contribution < -0.4 is 5.73 Å². The van der Waals surface area contributed by atoms with Crippen molar-refractivity contribution in [2.75, 3.05) is 5.73 Å². The fraction of sp³-hybridized carbons (Fsp3) is 0.154. The summed E-state index contributed by atoms with van der Waals surface area (Å²) in [6, 6.07) is 8.64. The van der Waals surface area contributed by atoms with Crippen molar-refractivity contribution >= 4 is 27.4 Å². The molecule has 0 aliphatic carbocycles. The molecule has 0 aliphatic heterocycles. The number of carbonyl (C=O) groups is 1. The van der Waals surface area contributed by atoms with E-state index in [4.69, 9.17) is 10.2 Å². The van der Waals surface area contributed by atoms with Gasteiger partial charge in [0.25, 0.3) is 0 Å². The van der Waals surface area contributed by atoms with Gasteiger partial charge in [-0.2, -0.15) is 0 Å². The lowest BCUT2D eigenvalue weighted by atomic mass is 10.1. The Hall–Kier alpha value is -1.55. The van der Waals surface area contributed by atoms with E-state index < -0.39 is 0 Å². The molecule has 2 N–H and O–H groups in total. The van der Waals surface area contributed by atoms with Crippen LogP contribution in [-0.4, -0.2) is 5.78 Å². The maximum Gasteiger partial charge on any atom is 0.229 e. The highest BCUT2D eigenvalue weighted by Crippen LogP contribution is 2.23. The second-order valence-corrected chi connectivity index (χ2v) is 4.54. The zero-order valence-electron chi connectivity index (χ0n) is 9.37. The third-order valence-corrected chi connectivity index (χ3v) is 3.16. The maximum absolute atomic E-state index is 12.2. The van der Waals surface area contributed by atoms with E-state index in [1.165, 1.54) is 0 Å². The highest BCUT2D eigenvalue weighted by atomic mass is 79.9. The first kappa shape index (κ1) is 11.9. The lowest BCUT2D eigenvalue weighted by Crippen LogP contribution is -2.02. The molecule has 0 aliphatic rings. The van der Waals surface area contributed by atoms with Gasteiger partial charge in [0.2, 0.25) is 5.78 Å². The number of ketones is 1. The number of aryl methyl sites for hydroxylation is 1. The third-order valence-electron chi connectivity index (χ3n) is 2.47. The van der Waals surface area contributed by atoms with Gasteiger partial charge in [-0.05, 0) is 30.3 Å². The molecule has 2 aromatic rings. The van der Waals surface area contributed by atoms with Crippen molar-refractivity contribution in [3.63, 3.8) is 0 Å². The second-order valence-electron chi connectivity index (χ2n) is 3.69. The first-order chi connectivity index (χ1) is 8.11. The largest absolute Gasteiger partial charge is 0.458 e. The van der Waals surface area contributed by atoms with E-state index >= 15 is 0 Å². The van der Waals surface area contributed by atoms with E-state index in [0.29, 0.717) is 21.5 Å². The minimum Gasteiger partial charge on any atom is -0.458 e. The standard InChI is InChI=1S/C13H12BrNO2/c1-2-9-4-6-12(17-9)13(16)10-7-8(15)3-5-11(10)14/h3-7H,2,15H2,1H3. The van der Waals surface area contributed by atoms with Gasteiger partial charge in [0.05, 0.1) is 0 Å². The molecule has 0 radical (unpaired) electrons. The normalized spacial score (nSPS) is 10.5. The molecule has 17 heavy (non-hydrogen) atoms. The van der Waals surface area contributed by atoms with Gasteiger partial charge in [-0.3, -0.25) is 4.79 Å². The van der Waals surface area contributed by atoms with Gasteiger partial charge in [0.15, 0.2) is 5.76 Å². The number of anilines is 1. The molecule has 0 amide bonds. The Balaban J connectivity index is 2.39. The molecule has 0 saturated carbocycles. The summed E-state index contributed by atoms with van der Waals surface area (Å²) in [5, 5.41) is 0. The smallest absolute Gasteiger partial charge is 0.229 e. The Bertz CT molecular complexity index is 560. The molecule has 1 aromatic heterocycles. The van der Waals surface area contributed by atoms with Gasteiger partial charge < -0.3 is 10.2 Å². The zero-order valence-corrected chi connectivity index (χ0v) is 11.0. The molecule has 0 fully saturated rings. The third kappa shape index (κ3) is 2.42. The summed E-state index contributed by atoms with van der Waals surface area (Å²) in [6.07, 6.45) is 0.769. The van der Waals surface area contributed by atoms with E-state index in [9.17, 15) is 4.79 Å². The molecular weight excluding hydrogens is 282 g/mol. The van der Waals surface area contributed by atoms with Crippen LogP contribution in [-0.2, 0) is 6.42 Å². The Morgan fingerprint density at radius 3 is 2.76 bits per heavy atom. The van der Waals surface area contributed by atoms with E-state index in [2.05, 4.69) is 15.9 Å². The van der Waals surface area contributed by atoms with Gasteiger partial charge in [-0.15, -0.1) is 0 Å². The van der Waals surface area contributed by atoms with Crippen LogP contribution in [0.1, 0.15) is 28.8 Å². The number of nitrogens with two attached hydrogens (primary N) is 1. The molecule has 3 nitrogen and oxygen atoms in total. The second kappa shape index (κ2) is 4.75. The van der Waals surface area contributed by atoms with E-state index in [1.807, 2.05) is 13.0 Å². The summed E-state index contributed by atoms with van der Waals surface area (Å²) < 4.78 is 6.15. The average Bonchev–Trinajstić information content (AvgIpc) is 2.80. The quantitative estimate of drug-likeness (QED) is 0.697. The zero-order chi connectivity index (χ0) is 12.4. The van der Waals surface area contributed by atoms with Crippen LogP contribution in [0.3, 0.4) is 0 Å². The number of carbonyl (C=O) groups excluding carboxylic acids is 1. The molecule has 0 saturated heterocycles. The molecule has 0 atom stereocenters. The number of halogens is 1. The highest BCUT2D eigenvalue weighted by Gasteiger charge is 2.16. The predicted molar refractivity (Wildman–Crippen MR) is 70.1 cm³/mol. The van der Waals surface area contributed by atoms with Crippen LogP contribution >= 0.6 is 15.9 Å². The minimum atomic E-state index is -0.163. The average molecular weight is 294 g/mol. The van der Waals surface area contributed by atoms with Crippen LogP contribution in [0.2, 0.25) is 0 Å². The Morgan fingerprint density at radius 1 is 1.35 bits per heavy atom. The molecule has 0 unspecified atom stereocenters. The maximum atomic E-state index is 12.2.